The number of rotatable bonds is 3. The number of ether oxygens (including phenoxy) is 1. The van der Waals surface area contributed by atoms with Crippen LogP contribution in [0.2, 0.25) is 0 Å². The number of aldehydes is 1. The van der Waals surface area contributed by atoms with Crippen LogP contribution in [-0.2, 0) is 5.41 Å². The molecule has 0 heterocycles. The summed E-state index contributed by atoms with van der Waals surface area (Å²) in [6, 6.07) is 13.2. The Morgan fingerprint density at radius 1 is 1.05 bits per heavy atom. The number of hydrogen-bond acceptors (Lipinski definition) is 2. The Kier molecular flexibility index (Phi) is 4.29. The maximum Gasteiger partial charge on any atom is 0.153 e. The first kappa shape index (κ1) is 14.8. The molecule has 0 radical (unpaired) electrons. The molecule has 2 aromatic carbocycles. The van der Waals surface area contributed by atoms with Gasteiger partial charge in [-0.1, -0.05) is 39.0 Å². The van der Waals surface area contributed by atoms with Gasteiger partial charge in [0.25, 0.3) is 0 Å². The fourth-order valence-electron chi connectivity index (χ4n) is 1.84. The summed E-state index contributed by atoms with van der Waals surface area (Å²) >= 11 is 3.53. The molecule has 2 rings (SSSR count). The van der Waals surface area contributed by atoms with Crippen LogP contribution in [-0.4, -0.2) is 6.29 Å². The molecule has 0 saturated carbocycles. The van der Waals surface area contributed by atoms with Crippen molar-refractivity contribution in [3.05, 3.63) is 58.1 Å². The molecule has 20 heavy (non-hydrogen) atoms. The molecule has 0 saturated heterocycles. The summed E-state index contributed by atoms with van der Waals surface area (Å²) in [5.41, 5.74) is 1.85. The molecule has 3 heteroatoms. The highest BCUT2D eigenvalue weighted by Gasteiger charge is 2.15. The highest BCUT2D eigenvalue weighted by Crippen LogP contribution is 2.34. The number of carbonyl (C=O) groups is 1. The van der Waals surface area contributed by atoms with Crippen molar-refractivity contribution in [2.45, 2.75) is 26.2 Å². The van der Waals surface area contributed by atoms with E-state index in [1.54, 1.807) is 12.1 Å². The molecule has 0 fully saturated rings. The lowest BCUT2D eigenvalue weighted by molar-refractivity contribution is 0.112. The van der Waals surface area contributed by atoms with Gasteiger partial charge in [-0.3, -0.25) is 4.79 Å². The summed E-state index contributed by atoms with van der Waals surface area (Å²) in [5.74, 6) is 1.26. The van der Waals surface area contributed by atoms with Crippen molar-refractivity contribution in [3.8, 4) is 11.5 Å². The normalized spacial score (nSPS) is 11.2. The fraction of sp³-hybridized carbons (Fsp3) is 0.235. The molecule has 2 aromatic rings. The van der Waals surface area contributed by atoms with E-state index in [0.29, 0.717) is 17.1 Å². The van der Waals surface area contributed by atoms with E-state index in [9.17, 15) is 4.79 Å². The molecule has 0 aliphatic carbocycles. The Morgan fingerprint density at radius 3 is 2.35 bits per heavy atom. The minimum atomic E-state index is 0.0851. The molecule has 104 valence electrons. The van der Waals surface area contributed by atoms with Crippen molar-refractivity contribution < 1.29 is 9.53 Å². The van der Waals surface area contributed by atoms with Crippen LogP contribution >= 0.6 is 15.9 Å². The zero-order valence-electron chi connectivity index (χ0n) is 11.8. The Balaban J connectivity index is 2.33. The van der Waals surface area contributed by atoms with E-state index >= 15 is 0 Å². The van der Waals surface area contributed by atoms with Gasteiger partial charge in [0.2, 0.25) is 0 Å². The van der Waals surface area contributed by atoms with E-state index in [1.807, 2.05) is 24.3 Å². The zero-order valence-corrected chi connectivity index (χ0v) is 13.4. The van der Waals surface area contributed by atoms with Gasteiger partial charge in [-0.05, 0) is 51.2 Å². The van der Waals surface area contributed by atoms with Gasteiger partial charge in [0.1, 0.15) is 11.5 Å². The van der Waals surface area contributed by atoms with E-state index < -0.39 is 0 Å². The van der Waals surface area contributed by atoms with Crippen molar-refractivity contribution >= 4 is 22.2 Å². The van der Waals surface area contributed by atoms with Gasteiger partial charge in [-0.25, -0.2) is 0 Å². The first-order valence-electron chi connectivity index (χ1n) is 6.44. The van der Waals surface area contributed by atoms with Gasteiger partial charge < -0.3 is 4.74 Å². The van der Waals surface area contributed by atoms with Crippen LogP contribution in [0.4, 0.5) is 0 Å². The van der Waals surface area contributed by atoms with Gasteiger partial charge >= 0.3 is 0 Å². The van der Waals surface area contributed by atoms with Crippen LogP contribution in [0.5, 0.6) is 11.5 Å². The average molecular weight is 333 g/mol. The van der Waals surface area contributed by atoms with Crippen molar-refractivity contribution in [1.82, 2.24) is 0 Å². The lowest BCUT2D eigenvalue weighted by Gasteiger charge is -2.20. The zero-order chi connectivity index (χ0) is 14.8. The van der Waals surface area contributed by atoms with Crippen LogP contribution in [0.3, 0.4) is 0 Å². The molecule has 0 unspecified atom stereocenters. The van der Waals surface area contributed by atoms with E-state index in [0.717, 1.165) is 10.8 Å². The van der Waals surface area contributed by atoms with Crippen LogP contribution in [0, 0.1) is 0 Å². The van der Waals surface area contributed by atoms with Crippen molar-refractivity contribution in [2.75, 3.05) is 0 Å². The predicted octanol–water partition coefficient (Wildman–Crippen LogP) is 5.35. The Bertz CT molecular complexity index is 627. The maximum atomic E-state index is 11.0. The largest absolute Gasteiger partial charge is 0.455 e. The first-order chi connectivity index (χ1) is 9.41. The number of carbonyl (C=O) groups excluding carboxylic acids is 1. The first-order valence-corrected chi connectivity index (χ1v) is 7.23. The van der Waals surface area contributed by atoms with Gasteiger partial charge in [-0.2, -0.15) is 0 Å². The summed E-state index contributed by atoms with van der Waals surface area (Å²) in [4.78, 5) is 11.0. The topological polar surface area (TPSA) is 26.3 Å². The second kappa shape index (κ2) is 5.80. The summed E-state index contributed by atoms with van der Waals surface area (Å²) in [6.45, 7) is 6.49. The van der Waals surface area contributed by atoms with Gasteiger partial charge in [0.15, 0.2) is 6.29 Å². The molecule has 0 amide bonds. The molecule has 0 spiro atoms. The van der Waals surface area contributed by atoms with Crippen molar-refractivity contribution in [3.63, 3.8) is 0 Å². The fourth-order valence-corrected chi connectivity index (χ4v) is 2.30. The molecule has 0 N–H and O–H groups in total. The molecule has 0 aliphatic rings. The van der Waals surface area contributed by atoms with Crippen LogP contribution < -0.4 is 4.74 Å². The Labute approximate surface area is 127 Å². The molecule has 2 nitrogen and oxygen atoms in total. The summed E-state index contributed by atoms with van der Waals surface area (Å²) in [5, 5.41) is 0. The summed E-state index contributed by atoms with van der Waals surface area (Å²) in [6.07, 6.45) is 0.798. The molecule has 0 bridgehead atoms. The lowest BCUT2D eigenvalue weighted by atomic mass is 9.87. The SMILES string of the molecule is CC(C)(C)c1ccc(Oc2ccccc2C=O)c(Br)c1. The van der Waals surface area contributed by atoms with Gasteiger partial charge in [-0.15, -0.1) is 0 Å². The quantitative estimate of drug-likeness (QED) is 0.708. The average Bonchev–Trinajstić information content (AvgIpc) is 2.40. The number of benzene rings is 2. The molecule has 0 aliphatic heterocycles. The third-order valence-corrected chi connectivity index (χ3v) is 3.68. The highest BCUT2D eigenvalue weighted by molar-refractivity contribution is 9.10. The maximum absolute atomic E-state index is 11.0. The van der Waals surface area contributed by atoms with E-state index in [2.05, 4.69) is 42.8 Å². The minimum Gasteiger partial charge on any atom is -0.455 e. The third-order valence-electron chi connectivity index (χ3n) is 3.06. The summed E-state index contributed by atoms with van der Waals surface area (Å²) < 4.78 is 6.70. The van der Waals surface area contributed by atoms with Gasteiger partial charge in [0, 0.05) is 0 Å². The number of halogens is 1. The van der Waals surface area contributed by atoms with Crippen molar-refractivity contribution in [1.29, 1.82) is 0 Å². The van der Waals surface area contributed by atoms with Crippen molar-refractivity contribution in [2.24, 2.45) is 0 Å². The predicted molar refractivity (Wildman–Crippen MR) is 84.7 cm³/mol. The smallest absolute Gasteiger partial charge is 0.153 e. The number of para-hydroxylation sites is 1. The number of hydrogen-bond donors (Lipinski definition) is 0. The molecule has 0 atom stereocenters. The monoisotopic (exact) mass is 332 g/mol. The third kappa shape index (κ3) is 3.28. The molecule has 0 aromatic heterocycles. The minimum absolute atomic E-state index is 0.0851. The van der Waals surface area contributed by atoms with Gasteiger partial charge in [0.05, 0.1) is 10.0 Å². The van der Waals surface area contributed by atoms with Crippen LogP contribution in [0.25, 0.3) is 0 Å². The second-order valence-corrected chi connectivity index (χ2v) is 6.51. The van der Waals surface area contributed by atoms with E-state index in [1.165, 1.54) is 5.56 Å². The summed E-state index contributed by atoms with van der Waals surface area (Å²) in [7, 11) is 0. The van der Waals surface area contributed by atoms with Crippen LogP contribution in [0.15, 0.2) is 46.9 Å². The standard InChI is InChI=1S/C17H17BrO2/c1-17(2,3)13-8-9-16(14(18)10-13)20-15-7-5-4-6-12(15)11-19/h4-11H,1-3H3. The molecular formula is C17H17BrO2. The highest BCUT2D eigenvalue weighted by atomic mass is 79.9. The van der Waals surface area contributed by atoms with Crippen LogP contribution in [0.1, 0.15) is 36.7 Å². The second-order valence-electron chi connectivity index (χ2n) is 5.65. The Hall–Kier alpha value is -1.61. The van der Waals surface area contributed by atoms with E-state index in [4.69, 9.17) is 4.74 Å². The Morgan fingerprint density at radius 2 is 1.75 bits per heavy atom. The van der Waals surface area contributed by atoms with E-state index in [-0.39, 0.29) is 5.41 Å². The molecular weight excluding hydrogens is 316 g/mol. The lowest BCUT2D eigenvalue weighted by Crippen LogP contribution is -2.10.